The first-order chi connectivity index (χ1) is 15.2. The van der Waals surface area contributed by atoms with Gasteiger partial charge in [-0.1, -0.05) is 37.5 Å². The number of carbonyl (C=O) groups excluding carboxylic acids is 1. The summed E-state index contributed by atoms with van der Waals surface area (Å²) >= 11 is 0. The Morgan fingerprint density at radius 1 is 1.03 bits per heavy atom. The molecule has 1 aliphatic carbocycles. The summed E-state index contributed by atoms with van der Waals surface area (Å²) in [6.45, 7) is 5.07. The molecule has 2 aliphatic rings. The van der Waals surface area contributed by atoms with Crippen LogP contribution in [0.3, 0.4) is 0 Å². The molecule has 0 unspecified atom stereocenters. The maximum Gasteiger partial charge on any atom is 0.321 e. The Morgan fingerprint density at radius 2 is 1.74 bits per heavy atom. The second-order valence-corrected chi connectivity index (χ2v) is 8.91. The Balaban J connectivity index is 1.30. The highest BCUT2D eigenvalue weighted by Gasteiger charge is 2.23. The molecule has 0 bridgehead atoms. The van der Waals surface area contributed by atoms with Gasteiger partial charge in [0.15, 0.2) is 0 Å². The number of hydrogen-bond acceptors (Lipinski definition) is 4. The molecule has 6 nitrogen and oxygen atoms in total. The van der Waals surface area contributed by atoms with Gasteiger partial charge >= 0.3 is 6.03 Å². The van der Waals surface area contributed by atoms with Crippen LogP contribution < -0.4 is 5.32 Å². The van der Waals surface area contributed by atoms with Gasteiger partial charge in [0.05, 0.1) is 0 Å². The van der Waals surface area contributed by atoms with Crippen molar-refractivity contribution >= 4 is 11.7 Å². The average Bonchev–Trinajstić information content (AvgIpc) is 2.82. The zero-order valence-corrected chi connectivity index (χ0v) is 18.7. The largest absolute Gasteiger partial charge is 0.322 e. The van der Waals surface area contributed by atoms with Crippen LogP contribution in [0.2, 0.25) is 0 Å². The van der Waals surface area contributed by atoms with E-state index in [-0.39, 0.29) is 6.03 Å². The van der Waals surface area contributed by atoms with E-state index in [1.54, 1.807) is 0 Å². The first-order valence-electron chi connectivity index (χ1n) is 11.6. The van der Waals surface area contributed by atoms with Crippen molar-refractivity contribution in [2.45, 2.75) is 51.2 Å². The lowest BCUT2D eigenvalue weighted by Crippen LogP contribution is -2.49. The molecule has 2 amide bonds. The molecule has 0 atom stereocenters. The zero-order valence-electron chi connectivity index (χ0n) is 18.7. The van der Waals surface area contributed by atoms with Crippen molar-refractivity contribution in [3.05, 3.63) is 59.9 Å². The molecule has 1 N–H and O–H groups in total. The molecule has 0 radical (unpaired) electrons. The van der Waals surface area contributed by atoms with Gasteiger partial charge in [-0.25, -0.2) is 4.79 Å². The van der Waals surface area contributed by atoms with Gasteiger partial charge in [-0.3, -0.25) is 14.8 Å². The summed E-state index contributed by atoms with van der Waals surface area (Å²) in [7, 11) is 2.22. The second-order valence-electron chi connectivity index (χ2n) is 8.91. The van der Waals surface area contributed by atoms with Crippen molar-refractivity contribution in [3.63, 3.8) is 0 Å². The number of piperazine rings is 1. The Hall–Kier alpha value is -2.44. The Kier molecular flexibility index (Phi) is 7.54. The lowest BCUT2D eigenvalue weighted by molar-refractivity contribution is 0.143. The third-order valence-electron chi connectivity index (χ3n) is 6.69. The van der Waals surface area contributed by atoms with Crippen molar-refractivity contribution in [2.75, 3.05) is 38.5 Å². The van der Waals surface area contributed by atoms with E-state index < -0.39 is 0 Å². The maximum absolute atomic E-state index is 12.9. The molecule has 1 aromatic carbocycles. The lowest BCUT2D eigenvalue weighted by Gasteiger charge is -2.35. The summed E-state index contributed by atoms with van der Waals surface area (Å²) in [5.74, 6) is 0. The van der Waals surface area contributed by atoms with Crippen LogP contribution in [-0.2, 0) is 13.1 Å². The fraction of sp³-hybridized carbons (Fsp3) is 0.520. The highest BCUT2D eigenvalue weighted by Crippen LogP contribution is 2.25. The quantitative estimate of drug-likeness (QED) is 0.760. The minimum absolute atomic E-state index is 0.0105. The van der Waals surface area contributed by atoms with Crippen LogP contribution in [0.15, 0.2) is 48.8 Å². The first kappa shape index (κ1) is 21.8. The molecule has 2 heterocycles. The van der Waals surface area contributed by atoms with Crippen molar-refractivity contribution in [1.29, 1.82) is 0 Å². The van der Waals surface area contributed by atoms with E-state index in [2.05, 4.69) is 51.4 Å². The maximum atomic E-state index is 12.9. The van der Waals surface area contributed by atoms with Crippen LogP contribution in [-0.4, -0.2) is 65.0 Å². The number of para-hydroxylation sites is 1. The first-order valence-corrected chi connectivity index (χ1v) is 11.6. The number of hydrogen-bond donors (Lipinski definition) is 1. The van der Waals surface area contributed by atoms with Gasteiger partial charge in [-0.15, -0.1) is 0 Å². The molecule has 1 aromatic heterocycles. The number of nitrogens with one attached hydrogen (secondary N) is 1. The van der Waals surface area contributed by atoms with Gasteiger partial charge in [-0.05, 0) is 49.2 Å². The number of rotatable bonds is 6. The molecule has 31 heavy (non-hydrogen) atoms. The van der Waals surface area contributed by atoms with E-state index in [9.17, 15) is 4.79 Å². The normalized spacial score (nSPS) is 18.3. The van der Waals surface area contributed by atoms with Crippen LogP contribution >= 0.6 is 0 Å². The smallest absolute Gasteiger partial charge is 0.321 e. The van der Waals surface area contributed by atoms with E-state index >= 15 is 0 Å². The van der Waals surface area contributed by atoms with Crippen LogP contribution in [0.1, 0.15) is 43.2 Å². The molecule has 2 aromatic rings. The second kappa shape index (κ2) is 10.7. The number of carbonyl (C=O) groups is 1. The number of amides is 2. The minimum Gasteiger partial charge on any atom is -0.322 e. The number of aromatic nitrogens is 1. The molecule has 166 valence electrons. The fourth-order valence-electron chi connectivity index (χ4n) is 4.75. The molecule has 0 spiro atoms. The van der Waals surface area contributed by atoms with Crippen LogP contribution in [0.25, 0.3) is 0 Å². The highest BCUT2D eigenvalue weighted by molar-refractivity contribution is 5.90. The summed E-state index contributed by atoms with van der Waals surface area (Å²) < 4.78 is 0. The predicted octanol–water partition coefficient (Wildman–Crippen LogP) is 4.20. The molecule has 6 heteroatoms. The van der Waals surface area contributed by atoms with E-state index in [4.69, 9.17) is 0 Å². The van der Waals surface area contributed by atoms with Crippen LogP contribution in [0.5, 0.6) is 0 Å². The molecule has 1 saturated heterocycles. The Bertz CT molecular complexity index is 829. The van der Waals surface area contributed by atoms with E-state index in [1.165, 1.54) is 43.2 Å². The Morgan fingerprint density at radius 3 is 2.48 bits per heavy atom. The number of anilines is 1. The highest BCUT2D eigenvalue weighted by atomic mass is 16.2. The van der Waals surface area contributed by atoms with E-state index in [1.807, 2.05) is 29.4 Å². The van der Waals surface area contributed by atoms with Crippen LogP contribution in [0, 0.1) is 0 Å². The molecule has 2 fully saturated rings. The molecule has 4 rings (SSSR count). The lowest BCUT2D eigenvalue weighted by atomic mass is 9.94. The number of pyridine rings is 1. The van der Waals surface area contributed by atoms with Gasteiger partial charge in [-0.2, -0.15) is 0 Å². The third kappa shape index (κ3) is 6.05. The van der Waals surface area contributed by atoms with Crippen molar-refractivity contribution in [2.24, 2.45) is 0 Å². The fourth-order valence-corrected chi connectivity index (χ4v) is 4.75. The molecular formula is C25H35N5O. The van der Waals surface area contributed by atoms with Gasteiger partial charge in [0, 0.05) is 63.4 Å². The standard InChI is InChI=1S/C25H35N5O/c1-28(23-8-3-2-4-9-23)20-22-7-5-6-10-24(22)27-25(31)30-17-15-29(16-18-30)19-21-11-13-26-14-12-21/h5-7,10-14,23H,2-4,8-9,15-20H2,1H3,(H,27,31). The Labute approximate surface area is 186 Å². The van der Waals surface area contributed by atoms with Gasteiger partial charge in [0.25, 0.3) is 0 Å². The summed E-state index contributed by atoms with van der Waals surface area (Å²) in [6.07, 6.45) is 10.3. The molecular weight excluding hydrogens is 386 g/mol. The SMILES string of the molecule is CN(Cc1ccccc1NC(=O)N1CCN(Cc2ccncc2)CC1)C1CCCCC1. The number of nitrogens with zero attached hydrogens (tertiary/aromatic N) is 4. The zero-order chi connectivity index (χ0) is 21.5. The van der Waals surface area contributed by atoms with Crippen molar-refractivity contribution < 1.29 is 4.79 Å². The predicted molar refractivity (Wildman–Crippen MR) is 125 cm³/mol. The van der Waals surface area contributed by atoms with E-state index in [0.29, 0.717) is 6.04 Å². The van der Waals surface area contributed by atoms with Crippen molar-refractivity contribution in [1.82, 2.24) is 19.7 Å². The average molecular weight is 422 g/mol. The topological polar surface area (TPSA) is 51.7 Å². The molecule has 1 saturated carbocycles. The van der Waals surface area contributed by atoms with E-state index in [0.717, 1.165) is 45.0 Å². The summed E-state index contributed by atoms with van der Waals surface area (Å²) in [5.41, 5.74) is 3.40. The summed E-state index contributed by atoms with van der Waals surface area (Å²) in [6, 6.07) is 13.0. The monoisotopic (exact) mass is 421 g/mol. The minimum atomic E-state index is 0.0105. The van der Waals surface area contributed by atoms with Gasteiger partial charge in [0.1, 0.15) is 0 Å². The van der Waals surface area contributed by atoms with Gasteiger partial charge < -0.3 is 10.2 Å². The third-order valence-corrected chi connectivity index (χ3v) is 6.69. The van der Waals surface area contributed by atoms with Crippen molar-refractivity contribution in [3.8, 4) is 0 Å². The van der Waals surface area contributed by atoms with Gasteiger partial charge in [0.2, 0.25) is 0 Å². The number of benzene rings is 1. The summed E-state index contributed by atoms with van der Waals surface area (Å²) in [4.78, 5) is 23.8. The molecule has 1 aliphatic heterocycles. The summed E-state index contributed by atoms with van der Waals surface area (Å²) in [5, 5.41) is 3.19. The number of urea groups is 1. The van der Waals surface area contributed by atoms with Crippen LogP contribution in [0.4, 0.5) is 10.5 Å².